The van der Waals surface area contributed by atoms with Gasteiger partial charge in [-0.15, -0.1) is 0 Å². The fraction of sp³-hybridized carbons (Fsp3) is 0.263. The van der Waals surface area contributed by atoms with Crippen molar-refractivity contribution in [2.45, 2.75) is 13.8 Å². The number of anilines is 1. The van der Waals surface area contributed by atoms with Gasteiger partial charge in [0.1, 0.15) is 16.7 Å². The second-order valence-electron chi connectivity index (χ2n) is 5.92. The van der Waals surface area contributed by atoms with Gasteiger partial charge in [0.25, 0.3) is 5.91 Å². The summed E-state index contributed by atoms with van der Waals surface area (Å²) in [5.74, 6) is 1.70. The van der Waals surface area contributed by atoms with E-state index in [0.29, 0.717) is 34.3 Å². The van der Waals surface area contributed by atoms with Gasteiger partial charge in [0.05, 0.1) is 21.3 Å². The number of halogens is 1. The molecule has 1 aromatic carbocycles. The third kappa shape index (κ3) is 3.63. The molecule has 0 spiro atoms. The van der Waals surface area contributed by atoms with Crippen LogP contribution in [0.2, 0.25) is 5.15 Å². The zero-order valence-corrected chi connectivity index (χ0v) is 16.9. The molecule has 9 heteroatoms. The molecule has 2 heterocycles. The molecule has 0 saturated carbocycles. The van der Waals surface area contributed by atoms with Crippen LogP contribution in [-0.4, -0.2) is 43.0 Å². The van der Waals surface area contributed by atoms with E-state index < -0.39 is 0 Å². The van der Waals surface area contributed by atoms with E-state index in [1.54, 1.807) is 38.1 Å². The molecule has 1 aliphatic heterocycles. The van der Waals surface area contributed by atoms with Crippen molar-refractivity contribution in [2.24, 2.45) is 4.99 Å². The molecule has 0 bridgehead atoms. The van der Waals surface area contributed by atoms with Crippen LogP contribution in [0, 0.1) is 6.92 Å². The molecule has 0 saturated heterocycles. The van der Waals surface area contributed by atoms with Crippen LogP contribution in [0.25, 0.3) is 6.08 Å². The Morgan fingerprint density at radius 1 is 1.00 bits per heavy atom. The van der Waals surface area contributed by atoms with Gasteiger partial charge in [0.2, 0.25) is 11.7 Å². The van der Waals surface area contributed by atoms with Gasteiger partial charge < -0.3 is 14.2 Å². The number of hydrogen-bond donors (Lipinski definition) is 0. The summed E-state index contributed by atoms with van der Waals surface area (Å²) in [6.07, 6.45) is 1.63. The summed E-state index contributed by atoms with van der Waals surface area (Å²) < 4.78 is 16.0. The molecule has 0 unspecified atom stereocenters. The van der Waals surface area contributed by atoms with Crippen molar-refractivity contribution < 1.29 is 19.0 Å². The van der Waals surface area contributed by atoms with Crippen molar-refractivity contribution in [1.29, 1.82) is 0 Å². The Bertz CT molecular complexity index is 958. The van der Waals surface area contributed by atoms with Crippen LogP contribution in [0.5, 0.6) is 17.2 Å². The number of aliphatic imine (C=N–C) groups is 1. The maximum absolute atomic E-state index is 12.9. The minimum Gasteiger partial charge on any atom is -0.493 e. The van der Waals surface area contributed by atoms with Gasteiger partial charge in [-0.1, -0.05) is 11.6 Å². The van der Waals surface area contributed by atoms with Crippen LogP contribution >= 0.6 is 11.6 Å². The predicted molar refractivity (Wildman–Crippen MR) is 106 cm³/mol. The Balaban J connectivity index is 2.01. The minimum absolute atomic E-state index is 0.185. The lowest BCUT2D eigenvalue weighted by Gasteiger charge is -2.14. The van der Waals surface area contributed by atoms with E-state index in [4.69, 9.17) is 25.8 Å². The predicted octanol–water partition coefficient (Wildman–Crippen LogP) is 3.27. The second-order valence-corrected chi connectivity index (χ2v) is 6.31. The Morgan fingerprint density at radius 3 is 2.18 bits per heavy atom. The van der Waals surface area contributed by atoms with E-state index in [2.05, 4.69) is 15.0 Å². The number of ether oxygens (including phenoxy) is 3. The largest absolute Gasteiger partial charge is 0.493 e. The molecule has 1 amide bonds. The van der Waals surface area contributed by atoms with Gasteiger partial charge in [-0.2, -0.15) is 0 Å². The zero-order chi connectivity index (χ0) is 20.4. The summed E-state index contributed by atoms with van der Waals surface area (Å²) >= 11 is 6.00. The molecule has 1 aromatic heterocycles. The molecule has 0 fully saturated rings. The summed E-state index contributed by atoms with van der Waals surface area (Å²) in [5.41, 5.74) is 1.55. The molecule has 0 aliphatic carbocycles. The van der Waals surface area contributed by atoms with Gasteiger partial charge in [0.15, 0.2) is 11.5 Å². The third-order valence-corrected chi connectivity index (χ3v) is 4.22. The Kier molecular flexibility index (Phi) is 5.51. The summed E-state index contributed by atoms with van der Waals surface area (Å²) in [4.78, 5) is 27.0. The monoisotopic (exact) mass is 402 g/mol. The molecule has 146 valence electrons. The van der Waals surface area contributed by atoms with Gasteiger partial charge in [-0.25, -0.2) is 19.9 Å². The van der Waals surface area contributed by atoms with Crippen LogP contribution in [0.4, 0.5) is 5.95 Å². The van der Waals surface area contributed by atoms with Gasteiger partial charge in [0, 0.05) is 5.69 Å². The van der Waals surface area contributed by atoms with Crippen LogP contribution in [0.1, 0.15) is 18.2 Å². The van der Waals surface area contributed by atoms with Crippen molar-refractivity contribution in [3.05, 3.63) is 40.3 Å². The molecule has 1 aliphatic rings. The van der Waals surface area contributed by atoms with E-state index in [1.165, 1.54) is 26.2 Å². The van der Waals surface area contributed by atoms with Crippen molar-refractivity contribution in [3.8, 4) is 17.2 Å². The molecule has 0 N–H and O–H groups in total. The first-order valence-corrected chi connectivity index (χ1v) is 8.68. The lowest BCUT2D eigenvalue weighted by molar-refractivity contribution is -0.113. The van der Waals surface area contributed by atoms with Crippen molar-refractivity contribution in [2.75, 3.05) is 26.2 Å². The van der Waals surface area contributed by atoms with Crippen molar-refractivity contribution >= 4 is 35.4 Å². The highest BCUT2D eigenvalue weighted by molar-refractivity contribution is 6.30. The first-order chi connectivity index (χ1) is 13.4. The molecule has 0 radical (unpaired) electrons. The van der Waals surface area contributed by atoms with E-state index >= 15 is 0 Å². The number of carbonyl (C=O) groups is 1. The summed E-state index contributed by atoms with van der Waals surface area (Å²) in [5, 5.41) is 0.255. The lowest BCUT2D eigenvalue weighted by Crippen LogP contribution is -2.32. The lowest BCUT2D eigenvalue weighted by atomic mass is 10.1. The Labute approximate surface area is 167 Å². The number of aromatic nitrogens is 2. The normalized spacial score (nSPS) is 15.1. The molecule has 28 heavy (non-hydrogen) atoms. The highest BCUT2D eigenvalue weighted by Gasteiger charge is 2.31. The Hall–Kier alpha value is -3.13. The first-order valence-electron chi connectivity index (χ1n) is 8.30. The third-order valence-electron chi connectivity index (χ3n) is 4.03. The van der Waals surface area contributed by atoms with E-state index in [-0.39, 0.29) is 22.7 Å². The maximum atomic E-state index is 12.9. The number of hydrogen-bond acceptors (Lipinski definition) is 7. The maximum Gasteiger partial charge on any atom is 0.284 e. The van der Waals surface area contributed by atoms with Crippen molar-refractivity contribution in [1.82, 2.24) is 9.97 Å². The minimum atomic E-state index is -0.354. The SMILES string of the molecule is COc1cc(/C=C2/N=C(C)N(c3nc(C)cc(Cl)n3)C2=O)cc(OC)c1OC. The zero-order valence-electron chi connectivity index (χ0n) is 16.1. The second kappa shape index (κ2) is 7.85. The van der Waals surface area contributed by atoms with Crippen LogP contribution in [0.3, 0.4) is 0 Å². The molecular formula is C19H19ClN4O4. The highest BCUT2D eigenvalue weighted by atomic mass is 35.5. The molecule has 8 nitrogen and oxygen atoms in total. The number of nitrogens with zero attached hydrogens (tertiary/aromatic N) is 4. The number of aryl methyl sites for hydroxylation is 1. The topological polar surface area (TPSA) is 86.1 Å². The number of methoxy groups -OCH3 is 3. The van der Waals surface area contributed by atoms with Crippen LogP contribution in [-0.2, 0) is 4.79 Å². The highest BCUT2D eigenvalue weighted by Crippen LogP contribution is 2.39. The van der Waals surface area contributed by atoms with E-state index in [0.717, 1.165) is 0 Å². The molecule has 0 atom stereocenters. The van der Waals surface area contributed by atoms with E-state index in [1.807, 2.05) is 0 Å². The van der Waals surface area contributed by atoms with Crippen LogP contribution < -0.4 is 19.1 Å². The number of carbonyl (C=O) groups excluding carboxylic acids is 1. The number of benzene rings is 1. The fourth-order valence-corrected chi connectivity index (χ4v) is 3.05. The van der Waals surface area contributed by atoms with Gasteiger partial charge >= 0.3 is 0 Å². The summed E-state index contributed by atoms with van der Waals surface area (Å²) in [6, 6.07) is 5.08. The van der Waals surface area contributed by atoms with Crippen LogP contribution in [0.15, 0.2) is 28.9 Å². The first kappa shape index (κ1) is 19.6. The van der Waals surface area contributed by atoms with E-state index in [9.17, 15) is 4.79 Å². The molecule has 2 aromatic rings. The Morgan fingerprint density at radius 2 is 1.64 bits per heavy atom. The quantitative estimate of drug-likeness (QED) is 0.563. The number of rotatable bonds is 5. The fourth-order valence-electron chi connectivity index (χ4n) is 2.82. The summed E-state index contributed by atoms with van der Waals surface area (Å²) in [7, 11) is 4.58. The molecular weight excluding hydrogens is 384 g/mol. The average molecular weight is 403 g/mol. The summed E-state index contributed by atoms with van der Waals surface area (Å²) in [6.45, 7) is 3.48. The number of amides is 1. The number of amidine groups is 1. The van der Waals surface area contributed by atoms with Gasteiger partial charge in [-0.05, 0) is 43.7 Å². The van der Waals surface area contributed by atoms with Crippen molar-refractivity contribution in [3.63, 3.8) is 0 Å². The average Bonchev–Trinajstić information content (AvgIpc) is 2.93. The van der Waals surface area contributed by atoms with Gasteiger partial charge in [-0.3, -0.25) is 4.79 Å². The standard InChI is InChI=1S/C19H19ClN4O4/c1-10-6-16(20)23-19(21-10)24-11(2)22-13(18(24)25)7-12-8-14(26-3)17(28-5)15(9-12)27-4/h6-9H,1-5H3/b13-7+. The molecule has 3 rings (SSSR count). The smallest absolute Gasteiger partial charge is 0.284 e.